The molecule has 33 nitrogen and oxygen atoms in total. The lowest BCUT2D eigenvalue weighted by Gasteiger charge is -2.45. The first kappa shape index (κ1) is 67.7. The quantitative estimate of drug-likeness (QED) is 0.0219. The highest BCUT2D eigenvalue weighted by molar-refractivity contribution is 5.76. The van der Waals surface area contributed by atoms with Gasteiger partial charge in [0.15, 0.2) is 49.6 Å². The van der Waals surface area contributed by atoms with E-state index in [1.807, 2.05) is 0 Å². The second kappa shape index (κ2) is 32.1. The van der Waals surface area contributed by atoms with Crippen molar-refractivity contribution < 1.29 is 140 Å². The number of nitrogens with one attached hydrogen (secondary N) is 4. The molecule has 0 saturated carbocycles. The minimum absolute atomic E-state index is 0.0257. The number of aliphatic hydroxyl groups is 6. The Labute approximate surface area is 463 Å². The molecule has 0 aromatic rings. The van der Waals surface area contributed by atoms with Crippen LogP contribution in [0.15, 0.2) is 0 Å². The molecule has 33 heteroatoms. The van der Waals surface area contributed by atoms with Gasteiger partial charge in [0.05, 0.1) is 13.2 Å². The van der Waals surface area contributed by atoms with E-state index in [1.54, 1.807) is 0 Å². The molecule has 4 amide bonds. The summed E-state index contributed by atoms with van der Waals surface area (Å²) in [5.41, 5.74) is 0. The summed E-state index contributed by atoms with van der Waals surface area (Å²) < 4.78 is 72.2. The molecule has 20 atom stereocenters. The third-order valence-electron chi connectivity index (χ3n) is 12.4. The van der Waals surface area contributed by atoms with Crippen LogP contribution in [0.25, 0.3) is 0 Å². The van der Waals surface area contributed by atoms with Crippen molar-refractivity contribution >= 4 is 59.4 Å². The van der Waals surface area contributed by atoms with Crippen LogP contribution < -0.4 is 21.3 Å². The smallest absolute Gasteiger partial charge is 0.303 e. The first-order valence-corrected chi connectivity index (χ1v) is 25.7. The van der Waals surface area contributed by atoms with Gasteiger partial charge < -0.3 is 113 Å². The van der Waals surface area contributed by atoms with Crippen LogP contribution in [-0.2, 0) is 110 Å². The standard InChI is InChI=1S/C48H74N4O29/c1-19(53)51-33-43(75-25(7)59)41(73-23(5)57)29(17-71-21(3)55)79-45(33)69-13-9-11-31(61)49-15-27-35(63)37(65)39(67)47(77-27)81-48-40(68)38(66)36(64)28(78-48)16-50-32(62)12-10-14-70-46-34(52-20(2)54)44(76-26(8)60)42(74-24(6)58)30(80-46)18-72-22(4)56/h27-30,33-48,63-68H,9-18H2,1-8H3,(H,49,61)(H,50,62)(H,51,53)(H,52,54)/t27-,28-,29-,30-,33-,34-,35-,36-,37+,38+,39-,40-,41-,42-,43-,44-,45-,46-,47-,48-/m1/s1. The zero-order valence-corrected chi connectivity index (χ0v) is 45.7. The molecule has 4 fully saturated rings. The molecule has 4 aliphatic rings. The van der Waals surface area contributed by atoms with Crippen LogP contribution in [-0.4, -0.2) is 252 Å². The Morgan fingerprint density at radius 1 is 0.395 bits per heavy atom. The summed E-state index contributed by atoms with van der Waals surface area (Å²) in [4.78, 5) is 122. The molecule has 0 aromatic heterocycles. The molecule has 81 heavy (non-hydrogen) atoms. The van der Waals surface area contributed by atoms with Crippen molar-refractivity contribution in [3.63, 3.8) is 0 Å². The largest absolute Gasteiger partial charge is 0.463 e. The van der Waals surface area contributed by atoms with Gasteiger partial charge in [-0.15, -0.1) is 0 Å². The summed E-state index contributed by atoms with van der Waals surface area (Å²) in [5.74, 6) is -7.23. The molecule has 0 aliphatic carbocycles. The predicted molar refractivity (Wildman–Crippen MR) is 259 cm³/mol. The van der Waals surface area contributed by atoms with E-state index in [1.165, 1.54) is 0 Å². The Morgan fingerprint density at radius 3 is 1.02 bits per heavy atom. The topological polar surface area (TPSA) is 460 Å². The number of rotatable bonds is 26. The summed E-state index contributed by atoms with van der Waals surface area (Å²) in [6.45, 7) is 6.41. The van der Waals surface area contributed by atoms with E-state index in [4.69, 9.17) is 61.6 Å². The lowest BCUT2D eigenvalue weighted by atomic mass is 9.96. The fourth-order valence-electron chi connectivity index (χ4n) is 8.86. The molecule has 0 bridgehead atoms. The highest BCUT2D eigenvalue weighted by atomic mass is 16.8. The van der Waals surface area contributed by atoms with Crippen LogP contribution in [0.1, 0.15) is 81.1 Å². The molecule has 0 aromatic carbocycles. The lowest BCUT2D eigenvalue weighted by Crippen LogP contribution is -2.66. The zero-order valence-electron chi connectivity index (χ0n) is 45.7. The van der Waals surface area contributed by atoms with Gasteiger partial charge in [-0.25, -0.2) is 0 Å². The van der Waals surface area contributed by atoms with Crippen molar-refractivity contribution in [2.75, 3.05) is 39.5 Å². The molecule has 0 unspecified atom stereocenters. The Hall–Kier alpha value is -5.82. The zero-order chi connectivity index (χ0) is 60.4. The van der Waals surface area contributed by atoms with E-state index in [9.17, 15) is 78.6 Å². The van der Waals surface area contributed by atoms with E-state index < -0.39 is 208 Å². The van der Waals surface area contributed by atoms with Gasteiger partial charge in [-0.2, -0.15) is 0 Å². The molecule has 0 spiro atoms. The molecule has 4 saturated heterocycles. The van der Waals surface area contributed by atoms with Crippen LogP contribution >= 0.6 is 0 Å². The maximum absolute atomic E-state index is 13.0. The number of amides is 4. The summed E-state index contributed by atoms with van der Waals surface area (Å²) in [7, 11) is 0. The fourth-order valence-corrected chi connectivity index (χ4v) is 8.86. The second-order valence-electron chi connectivity index (χ2n) is 19.2. The Morgan fingerprint density at radius 2 is 0.716 bits per heavy atom. The fraction of sp³-hybridized carbons (Fsp3) is 0.792. The van der Waals surface area contributed by atoms with E-state index in [2.05, 4.69) is 21.3 Å². The molecule has 460 valence electrons. The number of esters is 6. The molecule has 0 radical (unpaired) electrons. The SMILES string of the molecule is CC(=O)N[C@H]1[C@H](OCCCC(=O)NC[C@H]2O[C@H](O[C@H]3O[C@H](CNC(=O)CCCO[C@@H]4O[C@H](COC(C)=O)[C@@H](OC(C)=O)[C@H](OC(C)=O)[C@H]4NC(C)=O)[C@@H](O)[C@H](O)[C@H]3O)[C@H](O)[C@@H](O)[C@@H]2O)O[C@H](COC(C)=O)[C@@H](OC(C)=O)[C@@H]1OC(C)=O. The molecule has 4 rings (SSSR count). The third kappa shape index (κ3) is 20.8. The first-order chi connectivity index (χ1) is 38.1. The minimum Gasteiger partial charge on any atom is -0.463 e. The van der Waals surface area contributed by atoms with Crippen LogP contribution in [0.2, 0.25) is 0 Å². The molecule has 4 heterocycles. The van der Waals surface area contributed by atoms with Crippen molar-refractivity contribution in [2.45, 2.75) is 204 Å². The third-order valence-corrected chi connectivity index (χ3v) is 12.4. The maximum Gasteiger partial charge on any atom is 0.303 e. The lowest BCUT2D eigenvalue weighted by molar-refractivity contribution is -0.372. The maximum atomic E-state index is 13.0. The second-order valence-corrected chi connectivity index (χ2v) is 19.2. The minimum atomic E-state index is -2.01. The van der Waals surface area contributed by atoms with Gasteiger partial charge in [0.1, 0.15) is 86.3 Å². The van der Waals surface area contributed by atoms with E-state index >= 15 is 0 Å². The van der Waals surface area contributed by atoms with Crippen molar-refractivity contribution in [3.8, 4) is 0 Å². The van der Waals surface area contributed by atoms with Crippen LogP contribution in [0.5, 0.6) is 0 Å². The van der Waals surface area contributed by atoms with Crippen molar-refractivity contribution in [2.24, 2.45) is 0 Å². The van der Waals surface area contributed by atoms with Gasteiger partial charge >= 0.3 is 35.8 Å². The summed E-state index contributed by atoms with van der Waals surface area (Å²) in [5, 5.41) is 74.7. The summed E-state index contributed by atoms with van der Waals surface area (Å²) in [6, 6.07) is -2.53. The van der Waals surface area contributed by atoms with E-state index in [0.29, 0.717) is 0 Å². The van der Waals surface area contributed by atoms with Gasteiger partial charge in [-0.3, -0.25) is 47.9 Å². The Bertz CT molecular complexity index is 2030. The predicted octanol–water partition coefficient (Wildman–Crippen LogP) is -6.24. The number of carbonyl (C=O) groups excluding carboxylic acids is 10. The van der Waals surface area contributed by atoms with Crippen molar-refractivity contribution in [1.29, 1.82) is 0 Å². The van der Waals surface area contributed by atoms with E-state index in [-0.39, 0.29) is 38.9 Å². The number of hydrogen-bond acceptors (Lipinski definition) is 29. The number of ether oxygens (including phenoxy) is 13. The van der Waals surface area contributed by atoms with Crippen molar-refractivity contribution in [1.82, 2.24) is 21.3 Å². The van der Waals surface area contributed by atoms with Gasteiger partial charge in [0, 0.05) is 81.3 Å². The van der Waals surface area contributed by atoms with Crippen LogP contribution in [0, 0.1) is 0 Å². The average molecular weight is 1170 g/mol. The normalized spacial score (nSPS) is 33.8. The summed E-state index contributed by atoms with van der Waals surface area (Å²) >= 11 is 0. The van der Waals surface area contributed by atoms with Gasteiger partial charge in [-0.1, -0.05) is 0 Å². The number of aliphatic hydroxyl groups excluding tert-OH is 6. The number of carbonyl (C=O) groups is 10. The molecular formula is C48H74N4O29. The molecule has 10 N–H and O–H groups in total. The molecular weight excluding hydrogens is 1100 g/mol. The van der Waals surface area contributed by atoms with Crippen LogP contribution in [0.3, 0.4) is 0 Å². The summed E-state index contributed by atoms with van der Waals surface area (Å²) in [6.07, 6.45) is -29.8. The van der Waals surface area contributed by atoms with E-state index in [0.717, 1.165) is 55.4 Å². The Balaban J connectivity index is 1.31. The van der Waals surface area contributed by atoms with Crippen LogP contribution in [0.4, 0.5) is 0 Å². The van der Waals surface area contributed by atoms with Gasteiger partial charge in [0.2, 0.25) is 23.6 Å². The first-order valence-electron chi connectivity index (χ1n) is 25.7. The molecule has 4 aliphatic heterocycles. The highest BCUT2D eigenvalue weighted by Crippen LogP contribution is 2.31. The van der Waals surface area contributed by atoms with Crippen molar-refractivity contribution in [3.05, 3.63) is 0 Å². The highest BCUT2D eigenvalue weighted by Gasteiger charge is 2.54. The average Bonchev–Trinajstić information content (AvgIpc) is 3.52. The van der Waals surface area contributed by atoms with Gasteiger partial charge in [-0.05, 0) is 12.8 Å². The Kier molecular flexibility index (Phi) is 26.9. The van der Waals surface area contributed by atoms with Gasteiger partial charge in [0.25, 0.3) is 0 Å². The monoisotopic (exact) mass is 1170 g/mol. The number of hydrogen-bond donors (Lipinski definition) is 10.